The molecule has 0 aliphatic rings. The summed E-state index contributed by atoms with van der Waals surface area (Å²) >= 11 is 0. The van der Waals surface area contributed by atoms with Gasteiger partial charge in [-0.1, -0.05) is 30.3 Å². The summed E-state index contributed by atoms with van der Waals surface area (Å²) in [6.07, 6.45) is 2.94. The number of amides is 1. The van der Waals surface area contributed by atoms with E-state index in [2.05, 4.69) is 6.26 Å². The minimum Gasteiger partial charge on any atom is -0.368 e. The molecule has 1 amide bonds. The first-order valence-electron chi connectivity index (χ1n) is 3.84. The highest BCUT2D eigenvalue weighted by Crippen LogP contribution is 2.21. The second kappa shape index (κ2) is 3.79. The highest BCUT2D eigenvalue weighted by Gasteiger charge is 2.28. The van der Waals surface area contributed by atoms with Crippen LogP contribution in [0.4, 0.5) is 0 Å². The highest BCUT2D eigenvalue weighted by molar-refractivity contribution is 7.93. The smallest absolute Gasteiger partial charge is 0.240 e. The van der Waals surface area contributed by atoms with E-state index in [1.165, 1.54) is 12.1 Å². The number of primary amides is 1. The van der Waals surface area contributed by atoms with Crippen LogP contribution in [0.25, 0.3) is 0 Å². The summed E-state index contributed by atoms with van der Waals surface area (Å²) in [5, 5.41) is -1.36. The fourth-order valence-electron chi connectivity index (χ4n) is 1.18. The molecule has 14 heavy (non-hydrogen) atoms. The molecule has 5 heteroatoms. The molecule has 0 aliphatic carbocycles. The predicted octanol–water partition coefficient (Wildman–Crippen LogP) is 0.419. The van der Waals surface area contributed by atoms with E-state index in [1.54, 1.807) is 18.2 Å². The van der Waals surface area contributed by atoms with Crippen molar-refractivity contribution in [2.45, 2.75) is 5.25 Å². The van der Waals surface area contributed by atoms with Crippen molar-refractivity contribution in [2.24, 2.45) is 5.73 Å². The van der Waals surface area contributed by atoms with Crippen LogP contribution in [0.1, 0.15) is 10.8 Å². The van der Waals surface area contributed by atoms with E-state index in [0.29, 0.717) is 5.56 Å². The Bertz CT molecular complexity index is 425. The molecule has 0 saturated carbocycles. The quantitative estimate of drug-likeness (QED) is 0.788. The van der Waals surface area contributed by atoms with E-state index in [0.717, 1.165) is 0 Å². The van der Waals surface area contributed by atoms with Crippen molar-refractivity contribution in [1.29, 1.82) is 0 Å². The number of sulfone groups is 1. The second-order valence-corrected chi connectivity index (χ2v) is 4.65. The average molecular weight is 212 g/mol. The van der Waals surface area contributed by atoms with Gasteiger partial charge >= 0.3 is 0 Å². The van der Waals surface area contributed by atoms with Crippen LogP contribution in [0, 0.1) is 6.26 Å². The van der Waals surface area contributed by atoms with Crippen molar-refractivity contribution >= 4 is 15.7 Å². The Hall–Kier alpha value is -1.36. The first kappa shape index (κ1) is 10.7. The Labute approximate surface area is 82.7 Å². The van der Waals surface area contributed by atoms with E-state index in [-0.39, 0.29) is 0 Å². The van der Waals surface area contributed by atoms with Gasteiger partial charge in [0.25, 0.3) is 0 Å². The monoisotopic (exact) mass is 212 g/mol. The molecule has 1 aromatic rings. The zero-order valence-electron chi connectivity index (χ0n) is 7.38. The van der Waals surface area contributed by atoms with E-state index in [1.807, 2.05) is 0 Å². The van der Waals surface area contributed by atoms with Gasteiger partial charge in [0.1, 0.15) is 0 Å². The summed E-state index contributed by atoms with van der Waals surface area (Å²) in [6.45, 7) is 0. The van der Waals surface area contributed by atoms with Gasteiger partial charge in [-0.05, 0) is 5.56 Å². The standard InChI is InChI=1S/C9H10NO3S/c1-14(12,13)8(9(10)11)7-5-3-2-4-6-7/h2-6,8H,1H2,(H2,10,11). The molecule has 2 N–H and O–H groups in total. The summed E-state index contributed by atoms with van der Waals surface area (Å²) in [5.74, 6) is -0.911. The minimum absolute atomic E-state index is 0.343. The van der Waals surface area contributed by atoms with Crippen LogP contribution in [0.15, 0.2) is 30.3 Å². The number of carbonyl (C=O) groups is 1. The summed E-state index contributed by atoms with van der Waals surface area (Å²) in [5.41, 5.74) is 5.34. The summed E-state index contributed by atoms with van der Waals surface area (Å²) < 4.78 is 22.3. The Morgan fingerprint density at radius 2 is 1.79 bits per heavy atom. The van der Waals surface area contributed by atoms with Crippen molar-refractivity contribution in [1.82, 2.24) is 0 Å². The van der Waals surface area contributed by atoms with Gasteiger partial charge in [0, 0.05) is 0 Å². The van der Waals surface area contributed by atoms with Gasteiger partial charge in [-0.2, -0.15) is 0 Å². The lowest BCUT2D eigenvalue weighted by atomic mass is 10.1. The van der Waals surface area contributed by atoms with Crippen LogP contribution in [0.3, 0.4) is 0 Å². The maximum Gasteiger partial charge on any atom is 0.240 e. The largest absolute Gasteiger partial charge is 0.368 e. The van der Waals surface area contributed by atoms with Crippen LogP contribution in [0.5, 0.6) is 0 Å². The van der Waals surface area contributed by atoms with Gasteiger partial charge in [-0.25, -0.2) is 8.42 Å². The van der Waals surface area contributed by atoms with Crippen LogP contribution < -0.4 is 5.73 Å². The van der Waals surface area contributed by atoms with E-state index >= 15 is 0 Å². The van der Waals surface area contributed by atoms with Crippen molar-refractivity contribution in [3.63, 3.8) is 0 Å². The maximum absolute atomic E-state index is 11.2. The first-order chi connectivity index (χ1) is 6.43. The molecule has 0 spiro atoms. The molecule has 1 aromatic carbocycles. The molecule has 1 unspecified atom stereocenters. The van der Waals surface area contributed by atoms with Crippen molar-refractivity contribution in [2.75, 3.05) is 0 Å². The third-order valence-electron chi connectivity index (χ3n) is 1.72. The maximum atomic E-state index is 11.2. The number of rotatable bonds is 3. The van der Waals surface area contributed by atoms with Crippen LogP contribution >= 0.6 is 0 Å². The van der Waals surface area contributed by atoms with Crippen LogP contribution in [-0.4, -0.2) is 14.3 Å². The Morgan fingerprint density at radius 3 is 2.14 bits per heavy atom. The molecule has 0 aromatic heterocycles. The number of nitrogens with two attached hydrogens (primary N) is 1. The average Bonchev–Trinajstić information content (AvgIpc) is 2.02. The number of hydrogen-bond donors (Lipinski definition) is 1. The Morgan fingerprint density at radius 1 is 1.29 bits per heavy atom. The lowest BCUT2D eigenvalue weighted by Gasteiger charge is -2.10. The third-order valence-corrected chi connectivity index (χ3v) is 2.94. The highest BCUT2D eigenvalue weighted by atomic mass is 32.2. The molecule has 0 bridgehead atoms. The first-order valence-corrected chi connectivity index (χ1v) is 5.55. The molecule has 0 heterocycles. The molecule has 1 radical (unpaired) electrons. The molecule has 0 saturated heterocycles. The zero-order chi connectivity index (χ0) is 10.8. The van der Waals surface area contributed by atoms with Gasteiger partial charge in [-0.3, -0.25) is 4.79 Å². The van der Waals surface area contributed by atoms with Crippen LogP contribution in [0.2, 0.25) is 0 Å². The molecular weight excluding hydrogens is 202 g/mol. The molecule has 0 aliphatic heterocycles. The van der Waals surface area contributed by atoms with Gasteiger partial charge in [0.05, 0.1) is 6.26 Å². The number of hydrogen-bond acceptors (Lipinski definition) is 3. The molecule has 75 valence electrons. The Balaban J connectivity index is 3.22. The lowest BCUT2D eigenvalue weighted by Crippen LogP contribution is -2.26. The van der Waals surface area contributed by atoms with E-state index in [9.17, 15) is 13.2 Å². The van der Waals surface area contributed by atoms with Gasteiger partial charge < -0.3 is 5.73 Å². The topological polar surface area (TPSA) is 77.2 Å². The van der Waals surface area contributed by atoms with Gasteiger partial charge in [0.2, 0.25) is 5.91 Å². The molecular formula is C9H10NO3S. The van der Waals surface area contributed by atoms with E-state index < -0.39 is 21.0 Å². The van der Waals surface area contributed by atoms with Gasteiger partial charge in [-0.15, -0.1) is 0 Å². The fourth-order valence-corrected chi connectivity index (χ4v) is 2.10. The number of benzene rings is 1. The lowest BCUT2D eigenvalue weighted by molar-refractivity contribution is -0.117. The summed E-state index contributed by atoms with van der Waals surface area (Å²) in [7, 11) is -3.74. The van der Waals surface area contributed by atoms with Crippen molar-refractivity contribution in [3.8, 4) is 0 Å². The minimum atomic E-state index is -3.74. The van der Waals surface area contributed by atoms with Crippen LogP contribution in [-0.2, 0) is 14.6 Å². The van der Waals surface area contributed by atoms with Crippen molar-refractivity contribution < 1.29 is 13.2 Å². The van der Waals surface area contributed by atoms with Crippen molar-refractivity contribution in [3.05, 3.63) is 42.2 Å². The molecule has 1 rings (SSSR count). The molecule has 1 atom stereocenters. The third kappa shape index (κ3) is 2.32. The zero-order valence-corrected chi connectivity index (χ0v) is 8.20. The predicted molar refractivity (Wildman–Crippen MR) is 52.7 cm³/mol. The molecule has 4 nitrogen and oxygen atoms in total. The molecule has 0 fully saturated rings. The van der Waals surface area contributed by atoms with E-state index in [4.69, 9.17) is 5.73 Å². The Kier molecular flexibility index (Phi) is 2.90. The summed E-state index contributed by atoms with van der Waals surface area (Å²) in [4.78, 5) is 10.9. The fraction of sp³-hybridized carbons (Fsp3) is 0.111. The SMILES string of the molecule is [CH2]S(=O)(=O)C(C(N)=O)c1ccccc1. The normalized spacial score (nSPS) is 13.5. The number of carbonyl (C=O) groups excluding carboxylic acids is 1. The van der Waals surface area contributed by atoms with Gasteiger partial charge in [0.15, 0.2) is 15.1 Å². The second-order valence-electron chi connectivity index (χ2n) is 2.86. The summed E-state index contributed by atoms with van der Waals surface area (Å²) in [6, 6.07) is 8.04.